The molecular formula is C16H26FN. The summed E-state index contributed by atoms with van der Waals surface area (Å²) in [5.74, 6) is 0.482. The van der Waals surface area contributed by atoms with E-state index in [0.29, 0.717) is 5.92 Å². The van der Waals surface area contributed by atoms with E-state index in [0.717, 1.165) is 18.5 Å². The van der Waals surface area contributed by atoms with Crippen LogP contribution in [-0.2, 0) is 6.42 Å². The highest BCUT2D eigenvalue weighted by Gasteiger charge is 2.11. The van der Waals surface area contributed by atoms with Crippen molar-refractivity contribution in [2.24, 2.45) is 5.92 Å². The number of hydrogen-bond acceptors (Lipinski definition) is 1. The van der Waals surface area contributed by atoms with Crippen LogP contribution in [0.4, 0.5) is 4.39 Å². The Morgan fingerprint density at radius 1 is 1.17 bits per heavy atom. The topological polar surface area (TPSA) is 12.0 Å². The number of rotatable bonds is 9. The van der Waals surface area contributed by atoms with Gasteiger partial charge >= 0.3 is 0 Å². The van der Waals surface area contributed by atoms with Crippen LogP contribution in [0.5, 0.6) is 0 Å². The van der Waals surface area contributed by atoms with E-state index in [1.165, 1.54) is 32.1 Å². The first-order chi connectivity index (χ1) is 8.77. The molecule has 1 aromatic carbocycles. The molecule has 0 spiro atoms. The van der Waals surface area contributed by atoms with Crippen LogP contribution in [0.2, 0.25) is 0 Å². The minimum Gasteiger partial charge on any atom is -0.319 e. The maximum atomic E-state index is 13.6. The normalized spacial score (nSPS) is 12.6. The fourth-order valence-corrected chi connectivity index (χ4v) is 2.40. The molecule has 0 saturated carbocycles. The highest BCUT2D eigenvalue weighted by atomic mass is 19.1. The summed E-state index contributed by atoms with van der Waals surface area (Å²) in [5.41, 5.74) is 0.855. The summed E-state index contributed by atoms with van der Waals surface area (Å²) in [7, 11) is 1.97. The second-order valence-electron chi connectivity index (χ2n) is 5.07. The van der Waals surface area contributed by atoms with E-state index in [9.17, 15) is 4.39 Å². The summed E-state index contributed by atoms with van der Waals surface area (Å²) >= 11 is 0. The van der Waals surface area contributed by atoms with E-state index in [-0.39, 0.29) is 5.82 Å². The molecule has 0 aromatic heterocycles. The molecule has 1 nitrogen and oxygen atoms in total. The number of unbranched alkanes of at least 4 members (excludes halogenated alkanes) is 3. The van der Waals surface area contributed by atoms with Crippen LogP contribution >= 0.6 is 0 Å². The Morgan fingerprint density at radius 3 is 2.61 bits per heavy atom. The predicted molar refractivity (Wildman–Crippen MR) is 76.3 cm³/mol. The molecule has 1 atom stereocenters. The van der Waals surface area contributed by atoms with Crippen molar-refractivity contribution in [3.63, 3.8) is 0 Å². The van der Waals surface area contributed by atoms with E-state index in [1.807, 2.05) is 19.2 Å². The van der Waals surface area contributed by atoms with Crippen molar-refractivity contribution < 1.29 is 4.39 Å². The molecule has 0 amide bonds. The van der Waals surface area contributed by atoms with Crippen LogP contribution in [0.25, 0.3) is 0 Å². The molecule has 1 aromatic rings. The molecule has 1 rings (SSSR count). The van der Waals surface area contributed by atoms with Crippen LogP contribution in [0.15, 0.2) is 24.3 Å². The third kappa shape index (κ3) is 5.63. The molecular weight excluding hydrogens is 225 g/mol. The molecule has 102 valence electrons. The lowest BCUT2D eigenvalue weighted by Crippen LogP contribution is -2.21. The van der Waals surface area contributed by atoms with Gasteiger partial charge < -0.3 is 5.32 Å². The number of nitrogens with one attached hydrogen (secondary N) is 1. The lowest BCUT2D eigenvalue weighted by molar-refractivity contribution is 0.428. The molecule has 0 aliphatic heterocycles. The fraction of sp³-hybridized carbons (Fsp3) is 0.625. The molecule has 0 bridgehead atoms. The largest absolute Gasteiger partial charge is 0.319 e. The molecule has 0 radical (unpaired) electrons. The minimum atomic E-state index is -0.0628. The minimum absolute atomic E-state index is 0.0628. The Morgan fingerprint density at radius 2 is 1.94 bits per heavy atom. The van der Waals surface area contributed by atoms with Crippen LogP contribution in [0.1, 0.15) is 44.6 Å². The highest BCUT2D eigenvalue weighted by molar-refractivity contribution is 5.17. The molecule has 0 fully saturated rings. The second kappa shape index (κ2) is 9.09. The van der Waals surface area contributed by atoms with Gasteiger partial charge in [0, 0.05) is 0 Å². The van der Waals surface area contributed by atoms with Gasteiger partial charge in [0.25, 0.3) is 0 Å². The van der Waals surface area contributed by atoms with Crippen LogP contribution < -0.4 is 5.32 Å². The first kappa shape index (κ1) is 15.2. The maximum absolute atomic E-state index is 13.6. The SMILES string of the molecule is CCCCCCC(CNC)Cc1ccccc1F. The molecule has 1 N–H and O–H groups in total. The zero-order valence-electron chi connectivity index (χ0n) is 11.7. The van der Waals surface area contributed by atoms with Gasteiger partial charge in [-0.25, -0.2) is 4.39 Å². The van der Waals surface area contributed by atoms with E-state index < -0.39 is 0 Å². The summed E-state index contributed by atoms with van der Waals surface area (Å²) in [6.45, 7) is 3.20. The standard InChI is InChI=1S/C16H26FN/c1-3-4-5-6-9-14(13-18-2)12-15-10-7-8-11-16(15)17/h7-8,10-11,14,18H,3-6,9,12-13H2,1-2H3. The lowest BCUT2D eigenvalue weighted by atomic mass is 9.93. The summed E-state index contributed by atoms with van der Waals surface area (Å²) in [6.07, 6.45) is 7.17. The van der Waals surface area contributed by atoms with Gasteiger partial charge in [0.2, 0.25) is 0 Å². The van der Waals surface area contributed by atoms with Crippen molar-refractivity contribution >= 4 is 0 Å². The van der Waals surface area contributed by atoms with Crippen molar-refractivity contribution in [2.75, 3.05) is 13.6 Å². The number of benzene rings is 1. The van der Waals surface area contributed by atoms with E-state index >= 15 is 0 Å². The molecule has 18 heavy (non-hydrogen) atoms. The summed E-state index contributed by atoms with van der Waals surface area (Å²) in [6, 6.07) is 7.14. The van der Waals surface area contributed by atoms with Crippen molar-refractivity contribution in [3.8, 4) is 0 Å². The van der Waals surface area contributed by atoms with Crippen LogP contribution in [0.3, 0.4) is 0 Å². The molecule has 0 saturated heterocycles. The lowest BCUT2D eigenvalue weighted by Gasteiger charge is -2.17. The fourth-order valence-electron chi connectivity index (χ4n) is 2.40. The quantitative estimate of drug-likeness (QED) is 0.649. The van der Waals surface area contributed by atoms with Crippen molar-refractivity contribution in [3.05, 3.63) is 35.6 Å². The predicted octanol–water partition coefficient (Wildman–Crippen LogP) is 4.17. The monoisotopic (exact) mass is 251 g/mol. The maximum Gasteiger partial charge on any atom is 0.126 e. The Kier molecular flexibility index (Phi) is 7.66. The molecule has 0 heterocycles. The van der Waals surface area contributed by atoms with Crippen molar-refractivity contribution in [1.29, 1.82) is 0 Å². The van der Waals surface area contributed by atoms with Gasteiger partial charge in [-0.15, -0.1) is 0 Å². The third-order valence-corrected chi connectivity index (χ3v) is 3.43. The van der Waals surface area contributed by atoms with Gasteiger partial charge in [-0.3, -0.25) is 0 Å². The van der Waals surface area contributed by atoms with Gasteiger partial charge in [0.1, 0.15) is 5.82 Å². The van der Waals surface area contributed by atoms with Crippen molar-refractivity contribution in [2.45, 2.75) is 45.4 Å². The summed E-state index contributed by atoms with van der Waals surface area (Å²) in [4.78, 5) is 0. The van der Waals surface area contributed by atoms with Crippen molar-refractivity contribution in [1.82, 2.24) is 5.32 Å². The Hall–Kier alpha value is -0.890. The highest BCUT2D eigenvalue weighted by Crippen LogP contribution is 2.18. The Balaban J connectivity index is 2.44. The molecule has 0 aliphatic carbocycles. The summed E-state index contributed by atoms with van der Waals surface area (Å²) < 4.78 is 13.6. The number of hydrogen-bond donors (Lipinski definition) is 1. The van der Waals surface area contributed by atoms with E-state index in [4.69, 9.17) is 0 Å². The van der Waals surface area contributed by atoms with E-state index in [2.05, 4.69) is 12.2 Å². The molecule has 0 aliphatic rings. The summed E-state index contributed by atoms with van der Waals surface area (Å²) in [5, 5.41) is 3.23. The van der Waals surface area contributed by atoms with E-state index in [1.54, 1.807) is 12.1 Å². The second-order valence-corrected chi connectivity index (χ2v) is 5.07. The number of halogens is 1. The zero-order valence-corrected chi connectivity index (χ0v) is 11.7. The van der Waals surface area contributed by atoms with Gasteiger partial charge in [-0.1, -0.05) is 50.8 Å². The Bertz CT molecular complexity index is 325. The molecule has 2 heteroatoms. The average molecular weight is 251 g/mol. The zero-order chi connectivity index (χ0) is 13.2. The van der Waals surface area contributed by atoms with Crippen LogP contribution in [0, 0.1) is 11.7 Å². The smallest absolute Gasteiger partial charge is 0.126 e. The Labute approximate surface area is 111 Å². The third-order valence-electron chi connectivity index (χ3n) is 3.43. The first-order valence-corrected chi connectivity index (χ1v) is 7.16. The first-order valence-electron chi connectivity index (χ1n) is 7.16. The van der Waals surface area contributed by atoms with Gasteiger partial charge in [0.15, 0.2) is 0 Å². The van der Waals surface area contributed by atoms with Gasteiger partial charge in [0.05, 0.1) is 0 Å². The molecule has 1 unspecified atom stereocenters. The van der Waals surface area contributed by atoms with Gasteiger partial charge in [-0.05, 0) is 44.0 Å². The van der Waals surface area contributed by atoms with Gasteiger partial charge in [-0.2, -0.15) is 0 Å². The van der Waals surface area contributed by atoms with Crippen LogP contribution in [-0.4, -0.2) is 13.6 Å². The average Bonchev–Trinajstić information content (AvgIpc) is 2.37.